The van der Waals surface area contributed by atoms with Crippen molar-refractivity contribution >= 4 is 56.7 Å². The van der Waals surface area contributed by atoms with E-state index < -0.39 is 24.3 Å². The average Bonchev–Trinajstić information content (AvgIpc) is 4.11. The first kappa shape index (κ1) is 41.0. The minimum Gasteiger partial charge on any atom is -0.455 e. The van der Waals surface area contributed by atoms with Crippen LogP contribution in [0.4, 0.5) is 9.59 Å². The number of H-pyrrole nitrogens is 2. The lowest BCUT2D eigenvalue weighted by Crippen LogP contribution is -2.51. The van der Waals surface area contributed by atoms with Gasteiger partial charge in [0.15, 0.2) is 6.10 Å². The maximum atomic E-state index is 14.1. The number of hydrogen-bond acceptors (Lipinski definition) is 10. The van der Waals surface area contributed by atoms with Gasteiger partial charge in [0.25, 0.3) is 5.91 Å². The molecule has 2 fully saturated rings. The first-order chi connectivity index (χ1) is 29.4. The number of carbonyl (C=O) groups is 4. The number of carbonyl (C=O) groups excluding carboxylic acids is 4. The van der Waals surface area contributed by atoms with Gasteiger partial charge in [-0.25, -0.2) is 19.6 Å². The molecule has 3 aromatic carbocycles. The van der Waals surface area contributed by atoms with Crippen molar-refractivity contribution in [2.24, 2.45) is 11.8 Å². The molecule has 4 N–H and O–H groups in total. The number of amides is 4. The van der Waals surface area contributed by atoms with Gasteiger partial charge in [0.2, 0.25) is 11.3 Å². The van der Waals surface area contributed by atoms with Crippen LogP contribution in [0.3, 0.4) is 0 Å². The minimum absolute atomic E-state index is 0.148. The number of aromatic nitrogens is 4. The summed E-state index contributed by atoms with van der Waals surface area (Å²) in [5.41, 5.74) is 3.84. The van der Waals surface area contributed by atoms with Crippen molar-refractivity contribution in [2.75, 3.05) is 27.2 Å². The van der Waals surface area contributed by atoms with Crippen molar-refractivity contribution in [3.8, 4) is 22.5 Å². The van der Waals surface area contributed by atoms with E-state index in [9.17, 15) is 24.0 Å². The fourth-order valence-corrected chi connectivity index (χ4v) is 8.60. The van der Waals surface area contributed by atoms with Crippen LogP contribution in [0.25, 0.3) is 55.2 Å². The van der Waals surface area contributed by atoms with Crippen molar-refractivity contribution in [1.82, 2.24) is 40.4 Å². The summed E-state index contributed by atoms with van der Waals surface area (Å²) in [4.78, 5) is 85.0. The summed E-state index contributed by atoms with van der Waals surface area (Å²) in [6.45, 7) is 8.53. The van der Waals surface area contributed by atoms with Crippen LogP contribution >= 0.6 is 0 Å². The summed E-state index contributed by atoms with van der Waals surface area (Å²) < 4.78 is 16.7. The molecule has 6 aromatic rings. The van der Waals surface area contributed by atoms with Crippen molar-refractivity contribution in [3.05, 3.63) is 82.8 Å². The first-order valence-corrected chi connectivity index (χ1v) is 20.7. The summed E-state index contributed by atoms with van der Waals surface area (Å²) in [5, 5.41) is 7.63. The third-order valence-electron chi connectivity index (χ3n) is 11.8. The molecule has 0 unspecified atom stereocenters. The molecule has 0 radical (unpaired) electrons. The zero-order chi connectivity index (χ0) is 43.1. The second-order valence-corrected chi connectivity index (χ2v) is 16.4. The Morgan fingerprint density at radius 2 is 1.38 bits per heavy atom. The molecule has 2 aliphatic heterocycles. The number of likely N-dealkylation sites (tertiary alicyclic amines) is 2. The number of alkyl carbamates (subject to hydrolysis) is 2. The number of imidazole rings is 2. The van der Waals surface area contributed by atoms with Crippen LogP contribution in [0.1, 0.15) is 77.1 Å². The summed E-state index contributed by atoms with van der Waals surface area (Å²) in [6, 6.07) is 13.7. The maximum Gasteiger partial charge on any atom is 0.407 e. The Kier molecular flexibility index (Phi) is 11.3. The van der Waals surface area contributed by atoms with E-state index in [1.807, 2.05) is 58.0 Å². The Balaban J connectivity index is 1.03. The van der Waals surface area contributed by atoms with Crippen molar-refractivity contribution in [3.63, 3.8) is 0 Å². The molecule has 318 valence electrons. The van der Waals surface area contributed by atoms with E-state index in [2.05, 4.69) is 30.6 Å². The number of methoxy groups -OCH3 is 1. The van der Waals surface area contributed by atoms with Crippen LogP contribution in [-0.2, 0) is 19.1 Å². The van der Waals surface area contributed by atoms with Crippen LogP contribution in [-0.4, -0.2) is 93.1 Å². The largest absolute Gasteiger partial charge is 0.455 e. The molecule has 0 aliphatic carbocycles. The molecule has 4 atom stereocenters. The second-order valence-electron chi connectivity index (χ2n) is 16.4. The summed E-state index contributed by atoms with van der Waals surface area (Å²) >= 11 is 0. The second kappa shape index (κ2) is 16.7. The molecule has 0 spiro atoms. The smallest absolute Gasteiger partial charge is 0.407 e. The Morgan fingerprint density at radius 3 is 1.98 bits per heavy atom. The molecule has 16 heteroatoms. The van der Waals surface area contributed by atoms with Gasteiger partial charge in [0.05, 0.1) is 53.7 Å². The summed E-state index contributed by atoms with van der Waals surface area (Å²) in [6.07, 6.45) is 4.28. The number of hydrogen-bond donors (Lipinski definition) is 4. The Labute approximate surface area is 351 Å². The fraction of sp³-hybridized carbons (Fsp3) is 0.400. The highest BCUT2D eigenvalue weighted by atomic mass is 16.6. The number of nitrogens with one attached hydrogen (secondary N) is 4. The maximum absolute atomic E-state index is 14.1. The lowest BCUT2D eigenvalue weighted by Gasteiger charge is -2.30. The highest BCUT2D eigenvalue weighted by Gasteiger charge is 2.39. The molecule has 61 heavy (non-hydrogen) atoms. The van der Waals surface area contributed by atoms with Gasteiger partial charge in [-0.1, -0.05) is 39.8 Å². The van der Waals surface area contributed by atoms with Gasteiger partial charge in [0.1, 0.15) is 28.9 Å². The lowest BCUT2D eigenvalue weighted by molar-refractivity contribution is -0.143. The van der Waals surface area contributed by atoms with Crippen LogP contribution in [0.15, 0.2) is 70.1 Å². The molecule has 0 bridgehead atoms. The standard InChI is InChI=1S/C45H50N8O8/c1-23(2)36(51-45(58)59-6)42(55)52-17-7-9-33(52)40-48-22-32(50-40)27-13-16-35-30(20-27)37(54)29-15-11-25-19-26(12-14-28(25)39(29)60-35)31-21-47-41(49-31)34-10-8-18-53(34)43(56)38(24(3)4)61-44(57)46-5/h11-16,19-24,33-34,36,38H,7-10,17-18H2,1-6H3,(H,46,57)(H,47,49)(H,48,50)(H,51,58)/t33-,34-,36+,38-/m1/s1. The Hall–Kier alpha value is -6.71. The van der Waals surface area contributed by atoms with Crippen LogP contribution in [0.5, 0.6) is 0 Å². The summed E-state index contributed by atoms with van der Waals surface area (Å²) in [7, 11) is 2.73. The van der Waals surface area contributed by atoms with Crippen molar-refractivity contribution in [1.29, 1.82) is 0 Å². The third kappa shape index (κ3) is 7.77. The van der Waals surface area contributed by atoms with Crippen molar-refractivity contribution < 1.29 is 33.1 Å². The van der Waals surface area contributed by atoms with Crippen molar-refractivity contribution in [2.45, 2.75) is 77.6 Å². The third-order valence-corrected chi connectivity index (χ3v) is 11.8. The molecule has 3 aromatic heterocycles. The van der Waals surface area contributed by atoms with Crippen LogP contribution < -0.4 is 16.1 Å². The Bertz CT molecular complexity index is 2720. The number of nitrogens with zero attached hydrogens (tertiary/aromatic N) is 4. The van der Waals surface area contributed by atoms with Gasteiger partial charge in [0, 0.05) is 36.7 Å². The van der Waals surface area contributed by atoms with Gasteiger partial charge in [-0.05, 0) is 79.3 Å². The van der Waals surface area contributed by atoms with E-state index in [0.717, 1.165) is 46.9 Å². The van der Waals surface area contributed by atoms with E-state index in [4.69, 9.17) is 13.9 Å². The topological polar surface area (TPSA) is 205 Å². The normalized spacial score (nSPS) is 17.7. The van der Waals surface area contributed by atoms with Gasteiger partial charge in [-0.3, -0.25) is 14.4 Å². The number of ether oxygens (including phenoxy) is 2. The molecule has 2 aliphatic rings. The van der Waals surface area contributed by atoms with E-state index >= 15 is 0 Å². The molecule has 0 saturated carbocycles. The van der Waals surface area contributed by atoms with Gasteiger partial charge >= 0.3 is 12.2 Å². The molecule has 4 amide bonds. The van der Waals surface area contributed by atoms with Gasteiger partial charge < -0.3 is 44.3 Å². The monoisotopic (exact) mass is 830 g/mol. The summed E-state index contributed by atoms with van der Waals surface area (Å²) in [5.74, 6) is 0.496. The van der Waals surface area contributed by atoms with E-state index in [1.54, 1.807) is 40.4 Å². The average molecular weight is 831 g/mol. The van der Waals surface area contributed by atoms with E-state index in [0.29, 0.717) is 58.8 Å². The van der Waals surface area contributed by atoms with Crippen LogP contribution in [0, 0.1) is 11.8 Å². The van der Waals surface area contributed by atoms with E-state index in [1.165, 1.54) is 14.2 Å². The van der Waals surface area contributed by atoms with Gasteiger partial charge in [-0.15, -0.1) is 0 Å². The predicted molar refractivity (Wildman–Crippen MR) is 228 cm³/mol. The van der Waals surface area contributed by atoms with E-state index in [-0.39, 0.29) is 41.2 Å². The quantitative estimate of drug-likeness (QED) is 0.0825. The number of rotatable bonds is 10. The minimum atomic E-state index is -0.911. The zero-order valence-electron chi connectivity index (χ0n) is 35.0. The number of fused-ring (bicyclic) bond motifs is 4. The highest BCUT2D eigenvalue weighted by molar-refractivity contribution is 6.07. The molecule has 8 rings (SSSR count). The number of benzene rings is 3. The first-order valence-electron chi connectivity index (χ1n) is 20.7. The molecule has 16 nitrogen and oxygen atoms in total. The Morgan fingerprint density at radius 1 is 0.770 bits per heavy atom. The number of aromatic amines is 2. The lowest BCUT2D eigenvalue weighted by atomic mass is 10.0. The molecular weight excluding hydrogens is 781 g/mol. The van der Waals surface area contributed by atoms with Crippen LogP contribution in [0.2, 0.25) is 0 Å². The van der Waals surface area contributed by atoms with Gasteiger partial charge in [-0.2, -0.15) is 0 Å². The SMILES string of the molecule is CNC(=O)O[C@@H](C(=O)N1CCC[C@@H]1c1ncc(-c2ccc3c(ccc4c(=O)c5cc(-c6cnc([C@H]7CCCN7C(=O)[C@@H](NC(=O)OC)C(C)C)[nH]6)ccc5oc43)c2)[nH]1)C(C)C. The fourth-order valence-electron chi connectivity index (χ4n) is 8.60. The molecule has 5 heterocycles. The predicted octanol–water partition coefficient (Wildman–Crippen LogP) is 6.97. The highest BCUT2D eigenvalue weighted by Crippen LogP contribution is 2.36. The molecule has 2 saturated heterocycles. The molecular formula is C45H50N8O8. The zero-order valence-corrected chi connectivity index (χ0v) is 35.0.